The molecular weight excluding hydrogens is 232 g/mol. The van der Waals surface area contributed by atoms with Crippen LogP contribution in [-0.4, -0.2) is 33.8 Å². The van der Waals surface area contributed by atoms with Gasteiger partial charge in [0.2, 0.25) is 0 Å². The molecule has 4 nitrogen and oxygen atoms in total. The van der Waals surface area contributed by atoms with E-state index in [0.717, 1.165) is 28.3 Å². The molecule has 0 N–H and O–H groups in total. The molecule has 6 heteroatoms. The van der Waals surface area contributed by atoms with Crippen LogP contribution in [0, 0.1) is 6.92 Å². The summed E-state index contributed by atoms with van der Waals surface area (Å²) >= 11 is 7.12. The molecule has 0 aliphatic rings. The Morgan fingerprint density at radius 3 is 3.00 bits per heavy atom. The molecule has 2 aromatic heterocycles. The fraction of sp³-hybridized carbons (Fsp3) is 0.444. The molecule has 0 saturated heterocycles. The molecule has 15 heavy (non-hydrogen) atoms. The van der Waals surface area contributed by atoms with Gasteiger partial charge < -0.3 is 4.90 Å². The van der Waals surface area contributed by atoms with Crippen molar-refractivity contribution in [1.29, 1.82) is 0 Å². The number of halogens is 1. The Hall–Kier alpha value is -0.940. The van der Waals surface area contributed by atoms with E-state index in [-0.39, 0.29) is 0 Å². The number of hydrogen-bond donors (Lipinski definition) is 0. The third kappa shape index (κ3) is 1.89. The third-order valence-corrected chi connectivity index (χ3v) is 3.22. The van der Waals surface area contributed by atoms with Crippen molar-refractivity contribution in [2.45, 2.75) is 6.92 Å². The summed E-state index contributed by atoms with van der Waals surface area (Å²) in [5, 5.41) is 1.04. The van der Waals surface area contributed by atoms with E-state index in [4.69, 9.17) is 11.6 Å². The van der Waals surface area contributed by atoms with E-state index in [9.17, 15) is 0 Å². The lowest BCUT2D eigenvalue weighted by Gasteiger charge is -2.16. The first kappa shape index (κ1) is 10.6. The number of aromatic nitrogens is 3. The maximum absolute atomic E-state index is 5.71. The second-order valence-corrected chi connectivity index (χ2v) is 4.39. The van der Waals surface area contributed by atoms with Crippen LogP contribution in [-0.2, 0) is 0 Å². The second kappa shape index (κ2) is 4.28. The van der Waals surface area contributed by atoms with Crippen LogP contribution in [0.2, 0.25) is 0 Å². The van der Waals surface area contributed by atoms with Gasteiger partial charge >= 0.3 is 0 Å². The molecule has 0 spiro atoms. The van der Waals surface area contributed by atoms with Crippen LogP contribution < -0.4 is 4.90 Å². The highest BCUT2D eigenvalue weighted by molar-refractivity contribution is 7.13. The highest BCUT2D eigenvalue weighted by Crippen LogP contribution is 2.27. The molecule has 2 aromatic rings. The molecule has 0 saturated carbocycles. The SMILES string of the molecule is Cc1nsc2ncnc(N(C)CCCl)c12. The number of nitrogens with zero attached hydrogens (tertiary/aromatic N) is 4. The Bertz CT molecular complexity index is 470. The van der Waals surface area contributed by atoms with Crippen LogP contribution >= 0.6 is 23.1 Å². The first-order valence-corrected chi connectivity index (χ1v) is 5.89. The zero-order valence-electron chi connectivity index (χ0n) is 8.57. The van der Waals surface area contributed by atoms with E-state index in [1.807, 2.05) is 18.9 Å². The van der Waals surface area contributed by atoms with Crippen molar-refractivity contribution in [2.24, 2.45) is 0 Å². The zero-order chi connectivity index (χ0) is 10.8. The molecule has 0 bridgehead atoms. The van der Waals surface area contributed by atoms with E-state index in [1.54, 1.807) is 6.33 Å². The Balaban J connectivity index is 2.54. The van der Waals surface area contributed by atoms with E-state index in [0.29, 0.717) is 5.88 Å². The number of aryl methyl sites for hydroxylation is 1. The average molecular weight is 243 g/mol. The summed E-state index contributed by atoms with van der Waals surface area (Å²) in [6.45, 7) is 2.74. The standard InChI is InChI=1S/C9H11ClN4S/c1-6-7-8(14(2)4-3-10)11-5-12-9(7)15-13-6/h5H,3-4H2,1-2H3. The zero-order valence-corrected chi connectivity index (χ0v) is 10.1. The van der Waals surface area contributed by atoms with Crippen LogP contribution in [0.3, 0.4) is 0 Å². The highest BCUT2D eigenvalue weighted by atomic mass is 35.5. The van der Waals surface area contributed by atoms with E-state index < -0.39 is 0 Å². The third-order valence-electron chi connectivity index (χ3n) is 2.20. The fourth-order valence-corrected chi connectivity index (χ4v) is 2.42. The molecule has 0 atom stereocenters. The molecule has 2 heterocycles. The van der Waals surface area contributed by atoms with Gasteiger partial charge in [-0.25, -0.2) is 9.97 Å². The molecule has 0 aromatic carbocycles. The lowest BCUT2D eigenvalue weighted by molar-refractivity contribution is 0.944. The summed E-state index contributed by atoms with van der Waals surface area (Å²) in [4.78, 5) is 11.4. The number of fused-ring (bicyclic) bond motifs is 1. The first-order chi connectivity index (χ1) is 7.24. The largest absolute Gasteiger partial charge is 0.358 e. The second-order valence-electron chi connectivity index (χ2n) is 3.26. The van der Waals surface area contributed by atoms with Crippen LogP contribution in [0.4, 0.5) is 5.82 Å². The van der Waals surface area contributed by atoms with Crippen molar-refractivity contribution in [3.63, 3.8) is 0 Å². The lowest BCUT2D eigenvalue weighted by atomic mass is 10.3. The van der Waals surface area contributed by atoms with Gasteiger partial charge in [-0.15, -0.1) is 11.6 Å². The van der Waals surface area contributed by atoms with E-state index in [2.05, 4.69) is 14.3 Å². The average Bonchev–Trinajstić information content (AvgIpc) is 2.61. The summed E-state index contributed by atoms with van der Waals surface area (Å²) in [6, 6.07) is 0. The summed E-state index contributed by atoms with van der Waals surface area (Å²) < 4.78 is 4.28. The van der Waals surface area contributed by atoms with Gasteiger partial charge in [0.25, 0.3) is 0 Å². The number of anilines is 1. The topological polar surface area (TPSA) is 41.9 Å². The van der Waals surface area contributed by atoms with Crippen molar-refractivity contribution in [2.75, 3.05) is 24.4 Å². The van der Waals surface area contributed by atoms with Gasteiger partial charge in [0, 0.05) is 19.5 Å². The van der Waals surface area contributed by atoms with Crippen LogP contribution in [0.25, 0.3) is 10.2 Å². The minimum atomic E-state index is 0.582. The molecule has 0 aliphatic carbocycles. The summed E-state index contributed by atoms with van der Waals surface area (Å²) in [5.41, 5.74) is 0.979. The predicted octanol–water partition coefficient (Wildman–Crippen LogP) is 2.07. The Kier molecular flexibility index (Phi) is 3.02. The van der Waals surface area contributed by atoms with Gasteiger partial charge in [0.05, 0.1) is 11.1 Å². The monoisotopic (exact) mass is 242 g/mol. The van der Waals surface area contributed by atoms with Crippen molar-refractivity contribution in [1.82, 2.24) is 14.3 Å². The smallest absolute Gasteiger partial charge is 0.149 e. The van der Waals surface area contributed by atoms with Crippen LogP contribution in [0.1, 0.15) is 5.69 Å². The predicted molar refractivity (Wildman–Crippen MR) is 63.9 cm³/mol. The van der Waals surface area contributed by atoms with Gasteiger partial charge in [-0.3, -0.25) is 0 Å². The maximum Gasteiger partial charge on any atom is 0.149 e. The normalized spacial score (nSPS) is 10.9. The van der Waals surface area contributed by atoms with Crippen molar-refractivity contribution in [3.8, 4) is 0 Å². The number of rotatable bonds is 3. The molecule has 80 valence electrons. The molecule has 0 unspecified atom stereocenters. The van der Waals surface area contributed by atoms with Gasteiger partial charge in [0.15, 0.2) is 0 Å². The van der Waals surface area contributed by atoms with Gasteiger partial charge in [-0.2, -0.15) is 4.37 Å². The number of hydrogen-bond acceptors (Lipinski definition) is 5. The molecule has 0 aliphatic heterocycles. The fourth-order valence-electron chi connectivity index (χ4n) is 1.43. The van der Waals surface area contributed by atoms with Crippen molar-refractivity contribution in [3.05, 3.63) is 12.0 Å². The van der Waals surface area contributed by atoms with Crippen LogP contribution in [0.5, 0.6) is 0 Å². The minimum Gasteiger partial charge on any atom is -0.358 e. The summed E-state index contributed by atoms with van der Waals surface area (Å²) in [6.07, 6.45) is 1.57. The van der Waals surface area contributed by atoms with Gasteiger partial charge in [0.1, 0.15) is 17.0 Å². The van der Waals surface area contributed by atoms with Gasteiger partial charge in [-0.1, -0.05) is 0 Å². The Morgan fingerprint density at radius 2 is 2.27 bits per heavy atom. The van der Waals surface area contributed by atoms with Gasteiger partial charge in [-0.05, 0) is 18.5 Å². The molecule has 0 amide bonds. The van der Waals surface area contributed by atoms with Crippen LogP contribution in [0.15, 0.2) is 6.33 Å². The van der Waals surface area contributed by atoms with Crippen molar-refractivity contribution >= 4 is 39.2 Å². The Labute approximate surface area is 97.1 Å². The quantitative estimate of drug-likeness (QED) is 0.773. The molecular formula is C9H11ClN4S. The number of alkyl halides is 1. The highest BCUT2D eigenvalue weighted by Gasteiger charge is 2.12. The minimum absolute atomic E-state index is 0.582. The summed E-state index contributed by atoms with van der Waals surface area (Å²) in [7, 11) is 1.97. The maximum atomic E-state index is 5.71. The first-order valence-electron chi connectivity index (χ1n) is 4.58. The molecule has 0 radical (unpaired) electrons. The molecule has 0 fully saturated rings. The Morgan fingerprint density at radius 1 is 1.47 bits per heavy atom. The molecule has 2 rings (SSSR count). The van der Waals surface area contributed by atoms with E-state index in [1.165, 1.54) is 11.5 Å². The summed E-state index contributed by atoms with van der Waals surface area (Å²) in [5.74, 6) is 1.49. The van der Waals surface area contributed by atoms with Crippen molar-refractivity contribution < 1.29 is 0 Å². The lowest BCUT2D eigenvalue weighted by Crippen LogP contribution is -2.21. The van der Waals surface area contributed by atoms with E-state index >= 15 is 0 Å².